The third-order valence-electron chi connectivity index (χ3n) is 4.75. The first-order valence-corrected chi connectivity index (χ1v) is 8.23. The lowest BCUT2D eigenvalue weighted by molar-refractivity contribution is -0.133. The van der Waals surface area contributed by atoms with Crippen molar-refractivity contribution >= 4 is 17.5 Å². The average molecular weight is 323 g/mol. The molecule has 4 atom stereocenters. The van der Waals surface area contributed by atoms with E-state index in [4.69, 9.17) is 17.3 Å². The maximum atomic E-state index is 12.7. The second kappa shape index (κ2) is 6.54. The minimum Gasteiger partial charge on any atom is -0.338 e. The van der Waals surface area contributed by atoms with Crippen LogP contribution in [0.4, 0.5) is 0 Å². The van der Waals surface area contributed by atoms with Crippen molar-refractivity contribution in [3.8, 4) is 0 Å². The number of carbonyl (C=O) groups excluding carboxylic acids is 1. The van der Waals surface area contributed by atoms with Gasteiger partial charge in [0.15, 0.2) is 0 Å². The van der Waals surface area contributed by atoms with Crippen LogP contribution < -0.4 is 16.6 Å². The molecule has 1 aromatic rings. The van der Waals surface area contributed by atoms with Crippen LogP contribution in [0.2, 0.25) is 5.02 Å². The Hall–Kier alpha value is -1.14. The summed E-state index contributed by atoms with van der Waals surface area (Å²) >= 11 is 5.92. The summed E-state index contributed by atoms with van der Waals surface area (Å²) in [6.07, 6.45) is 1.75. The molecule has 0 radical (unpaired) electrons. The van der Waals surface area contributed by atoms with Crippen molar-refractivity contribution in [3.05, 3.63) is 34.9 Å². The number of hydrazine groups is 1. The normalized spacial score (nSPS) is 31.7. The molecule has 6 heteroatoms. The lowest BCUT2D eigenvalue weighted by atomic mass is 10.0. The molecule has 120 valence electrons. The largest absolute Gasteiger partial charge is 0.338 e. The zero-order valence-electron chi connectivity index (χ0n) is 12.8. The molecule has 0 aliphatic carbocycles. The fourth-order valence-corrected chi connectivity index (χ4v) is 3.58. The predicted molar refractivity (Wildman–Crippen MR) is 87.2 cm³/mol. The quantitative estimate of drug-likeness (QED) is 0.787. The molecule has 2 heterocycles. The Kier molecular flexibility index (Phi) is 4.68. The van der Waals surface area contributed by atoms with E-state index in [0.29, 0.717) is 12.5 Å². The molecule has 0 spiro atoms. The highest BCUT2D eigenvalue weighted by Gasteiger charge is 2.38. The maximum Gasteiger partial charge on any atom is 0.241 e. The number of nitrogens with one attached hydrogen (secondary N) is 2. The summed E-state index contributed by atoms with van der Waals surface area (Å²) in [7, 11) is 0. The van der Waals surface area contributed by atoms with Gasteiger partial charge in [0, 0.05) is 23.7 Å². The van der Waals surface area contributed by atoms with E-state index in [0.717, 1.165) is 30.0 Å². The number of hydrogen-bond donors (Lipinski definition) is 3. The Morgan fingerprint density at radius 1 is 1.32 bits per heavy atom. The van der Waals surface area contributed by atoms with Crippen LogP contribution in [0.25, 0.3) is 0 Å². The number of hydrogen-bond acceptors (Lipinski definition) is 4. The van der Waals surface area contributed by atoms with Crippen molar-refractivity contribution in [2.45, 2.75) is 37.9 Å². The zero-order valence-corrected chi connectivity index (χ0v) is 13.5. The van der Waals surface area contributed by atoms with Gasteiger partial charge in [-0.2, -0.15) is 0 Å². The van der Waals surface area contributed by atoms with E-state index in [1.165, 1.54) is 0 Å². The van der Waals surface area contributed by atoms with E-state index in [-0.39, 0.29) is 24.0 Å². The number of nitrogens with two attached hydrogens (primary N) is 1. The van der Waals surface area contributed by atoms with Crippen LogP contribution in [0.15, 0.2) is 24.3 Å². The molecule has 0 bridgehead atoms. The first kappa shape index (κ1) is 15.7. The van der Waals surface area contributed by atoms with Crippen molar-refractivity contribution in [3.63, 3.8) is 0 Å². The van der Waals surface area contributed by atoms with Crippen LogP contribution in [-0.4, -0.2) is 36.0 Å². The SMILES string of the molecule is CC1CC(CN)CN1C(=O)C1CC(c2ccc(Cl)cc2)NN1. The molecular formula is C16H23ClN4O. The molecule has 2 saturated heterocycles. The molecule has 1 amide bonds. The van der Waals surface area contributed by atoms with Gasteiger partial charge in [0.25, 0.3) is 0 Å². The molecule has 5 nitrogen and oxygen atoms in total. The average Bonchev–Trinajstić information content (AvgIpc) is 3.14. The van der Waals surface area contributed by atoms with E-state index in [1.54, 1.807) is 0 Å². The molecule has 2 fully saturated rings. The summed E-state index contributed by atoms with van der Waals surface area (Å²) in [5, 5.41) is 0.723. The summed E-state index contributed by atoms with van der Waals surface area (Å²) in [6.45, 7) is 3.53. The highest BCUT2D eigenvalue weighted by molar-refractivity contribution is 6.30. The Balaban J connectivity index is 1.62. The van der Waals surface area contributed by atoms with Gasteiger partial charge in [0.1, 0.15) is 6.04 Å². The van der Waals surface area contributed by atoms with Crippen molar-refractivity contribution < 1.29 is 4.79 Å². The topological polar surface area (TPSA) is 70.4 Å². The third-order valence-corrected chi connectivity index (χ3v) is 5.00. The maximum absolute atomic E-state index is 12.7. The van der Waals surface area contributed by atoms with Crippen LogP contribution in [-0.2, 0) is 4.79 Å². The van der Waals surface area contributed by atoms with Crippen LogP contribution in [0, 0.1) is 5.92 Å². The second-order valence-corrected chi connectivity index (χ2v) is 6.79. The number of halogens is 1. The van der Waals surface area contributed by atoms with Crippen LogP contribution >= 0.6 is 11.6 Å². The van der Waals surface area contributed by atoms with Gasteiger partial charge < -0.3 is 10.6 Å². The fourth-order valence-electron chi connectivity index (χ4n) is 3.45. The Morgan fingerprint density at radius 2 is 2.05 bits per heavy atom. The molecule has 4 unspecified atom stereocenters. The lowest BCUT2D eigenvalue weighted by Gasteiger charge is -2.24. The second-order valence-electron chi connectivity index (χ2n) is 6.36. The van der Waals surface area contributed by atoms with Gasteiger partial charge in [-0.15, -0.1) is 0 Å². The number of carbonyl (C=O) groups is 1. The molecular weight excluding hydrogens is 300 g/mol. The smallest absolute Gasteiger partial charge is 0.241 e. The first-order chi connectivity index (χ1) is 10.6. The van der Waals surface area contributed by atoms with E-state index in [1.807, 2.05) is 29.2 Å². The molecule has 3 rings (SSSR count). The monoisotopic (exact) mass is 322 g/mol. The standard InChI is InChI=1S/C16H23ClN4O/c1-10-6-11(8-18)9-21(10)16(22)15-7-14(19-20-15)12-2-4-13(17)5-3-12/h2-5,10-11,14-15,19-20H,6-9,18H2,1H3. The van der Waals surface area contributed by atoms with Gasteiger partial charge in [-0.25, -0.2) is 10.9 Å². The van der Waals surface area contributed by atoms with Crippen molar-refractivity contribution in [2.75, 3.05) is 13.1 Å². The highest BCUT2D eigenvalue weighted by atomic mass is 35.5. The van der Waals surface area contributed by atoms with Gasteiger partial charge >= 0.3 is 0 Å². The minimum absolute atomic E-state index is 0.134. The number of rotatable bonds is 3. The van der Waals surface area contributed by atoms with Crippen LogP contribution in [0.1, 0.15) is 31.4 Å². The lowest BCUT2D eigenvalue weighted by Crippen LogP contribution is -2.47. The third kappa shape index (κ3) is 3.13. The Morgan fingerprint density at radius 3 is 2.68 bits per heavy atom. The summed E-state index contributed by atoms with van der Waals surface area (Å²) in [5.74, 6) is 0.604. The summed E-state index contributed by atoms with van der Waals surface area (Å²) in [5.41, 5.74) is 13.3. The molecule has 0 aromatic heterocycles. The molecule has 2 aliphatic rings. The van der Waals surface area contributed by atoms with Gasteiger partial charge in [-0.05, 0) is 49.9 Å². The van der Waals surface area contributed by atoms with Crippen LogP contribution in [0.3, 0.4) is 0 Å². The van der Waals surface area contributed by atoms with E-state index in [2.05, 4.69) is 17.8 Å². The van der Waals surface area contributed by atoms with Crippen LogP contribution in [0.5, 0.6) is 0 Å². The number of amides is 1. The Bertz CT molecular complexity index is 535. The Labute approximate surface area is 136 Å². The minimum atomic E-state index is -0.181. The molecule has 0 saturated carbocycles. The van der Waals surface area contributed by atoms with E-state index >= 15 is 0 Å². The van der Waals surface area contributed by atoms with E-state index < -0.39 is 0 Å². The number of likely N-dealkylation sites (tertiary alicyclic amines) is 1. The van der Waals surface area contributed by atoms with Crippen molar-refractivity contribution in [2.24, 2.45) is 11.7 Å². The summed E-state index contributed by atoms with van der Waals surface area (Å²) in [6, 6.07) is 7.98. The van der Waals surface area contributed by atoms with Crippen molar-refractivity contribution in [1.29, 1.82) is 0 Å². The molecule has 22 heavy (non-hydrogen) atoms. The summed E-state index contributed by atoms with van der Waals surface area (Å²) in [4.78, 5) is 14.7. The van der Waals surface area contributed by atoms with Gasteiger partial charge in [-0.1, -0.05) is 23.7 Å². The molecule has 4 N–H and O–H groups in total. The number of benzene rings is 1. The van der Waals surface area contributed by atoms with E-state index in [9.17, 15) is 4.79 Å². The van der Waals surface area contributed by atoms with Gasteiger partial charge in [0.05, 0.1) is 0 Å². The first-order valence-electron chi connectivity index (χ1n) is 7.85. The zero-order chi connectivity index (χ0) is 15.7. The predicted octanol–water partition coefficient (Wildman–Crippen LogP) is 1.44. The number of nitrogens with zero attached hydrogens (tertiary/aromatic N) is 1. The fraction of sp³-hybridized carbons (Fsp3) is 0.562. The van der Waals surface area contributed by atoms with Crippen molar-refractivity contribution in [1.82, 2.24) is 15.8 Å². The highest BCUT2D eigenvalue weighted by Crippen LogP contribution is 2.27. The van der Waals surface area contributed by atoms with Gasteiger partial charge in [0.2, 0.25) is 5.91 Å². The molecule has 2 aliphatic heterocycles. The molecule has 1 aromatic carbocycles. The van der Waals surface area contributed by atoms with Gasteiger partial charge in [-0.3, -0.25) is 4.79 Å². The summed E-state index contributed by atoms with van der Waals surface area (Å²) < 4.78 is 0.